The predicted molar refractivity (Wildman–Crippen MR) is 80.5 cm³/mol. The molecule has 20 heavy (non-hydrogen) atoms. The van der Waals surface area contributed by atoms with Crippen molar-refractivity contribution in [1.29, 1.82) is 0 Å². The summed E-state index contributed by atoms with van der Waals surface area (Å²) in [7, 11) is 0. The van der Waals surface area contributed by atoms with Crippen LogP contribution in [0.3, 0.4) is 0 Å². The first-order valence-corrected chi connectivity index (χ1v) is 7.67. The molecule has 2 heterocycles. The lowest BCUT2D eigenvalue weighted by Crippen LogP contribution is -2.32. The fraction of sp³-hybridized carbons (Fsp3) is 0.588. The van der Waals surface area contributed by atoms with Gasteiger partial charge < -0.3 is 10.2 Å². The largest absolute Gasteiger partial charge is 0.339 e. The van der Waals surface area contributed by atoms with Crippen molar-refractivity contribution in [3.05, 3.63) is 34.9 Å². The van der Waals surface area contributed by atoms with Gasteiger partial charge in [-0.15, -0.1) is 0 Å². The van der Waals surface area contributed by atoms with Crippen LogP contribution in [0.4, 0.5) is 0 Å². The van der Waals surface area contributed by atoms with Crippen LogP contribution in [0.5, 0.6) is 0 Å². The van der Waals surface area contributed by atoms with Crippen molar-refractivity contribution in [2.75, 3.05) is 13.1 Å². The highest BCUT2D eigenvalue weighted by Crippen LogP contribution is 2.30. The summed E-state index contributed by atoms with van der Waals surface area (Å²) in [6.45, 7) is 8.23. The van der Waals surface area contributed by atoms with E-state index in [0.717, 1.165) is 44.6 Å². The molecule has 108 valence electrons. The van der Waals surface area contributed by atoms with E-state index < -0.39 is 0 Å². The molecule has 0 spiro atoms. The fourth-order valence-electron chi connectivity index (χ4n) is 3.24. The number of hydrogen-bond donors (Lipinski definition) is 1. The number of rotatable bonds is 1. The van der Waals surface area contributed by atoms with Crippen LogP contribution >= 0.6 is 0 Å². The Morgan fingerprint density at radius 2 is 1.95 bits per heavy atom. The molecule has 1 N–H and O–H groups in total. The molecule has 1 aromatic carbocycles. The zero-order chi connectivity index (χ0) is 14.2. The number of amides is 1. The number of nitrogens with zero attached hydrogens (tertiary/aromatic N) is 1. The summed E-state index contributed by atoms with van der Waals surface area (Å²) in [5.74, 6) is 0.206. The van der Waals surface area contributed by atoms with Gasteiger partial charge in [-0.05, 0) is 47.9 Å². The monoisotopic (exact) mass is 272 g/mol. The average molecular weight is 272 g/mol. The van der Waals surface area contributed by atoms with Crippen LogP contribution in [-0.4, -0.2) is 23.9 Å². The molecule has 0 saturated carbocycles. The summed E-state index contributed by atoms with van der Waals surface area (Å²) in [6, 6.07) is 6.17. The lowest BCUT2D eigenvalue weighted by molar-refractivity contribution is 0.0757. The van der Waals surface area contributed by atoms with Gasteiger partial charge in [-0.25, -0.2) is 0 Å². The maximum atomic E-state index is 12.7. The molecule has 1 saturated heterocycles. The molecule has 3 heteroatoms. The highest BCUT2D eigenvalue weighted by molar-refractivity contribution is 5.94. The molecule has 2 aliphatic heterocycles. The SMILES string of the molecule is CC1(C)CCCN(C(=O)c2ccc3c(c2)CNC3)CC1. The fourth-order valence-corrected chi connectivity index (χ4v) is 3.24. The topological polar surface area (TPSA) is 32.3 Å². The van der Waals surface area contributed by atoms with Crippen molar-refractivity contribution in [1.82, 2.24) is 10.2 Å². The molecule has 3 rings (SSSR count). The minimum absolute atomic E-state index is 0.206. The number of carbonyl (C=O) groups is 1. The van der Waals surface area contributed by atoms with E-state index in [2.05, 4.69) is 31.3 Å². The molecular weight excluding hydrogens is 248 g/mol. The van der Waals surface area contributed by atoms with Crippen LogP contribution in [0.1, 0.15) is 54.6 Å². The summed E-state index contributed by atoms with van der Waals surface area (Å²) >= 11 is 0. The van der Waals surface area contributed by atoms with Crippen LogP contribution in [0.2, 0.25) is 0 Å². The van der Waals surface area contributed by atoms with Crippen LogP contribution in [0.25, 0.3) is 0 Å². The van der Waals surface area contributed by atoms with Gasteiger partial charge in [0.1, 0.15) is 0 Å². The number of carbonyl (C=O) groups excluding carboxylic acids is 1. The summed E-state index contributed by atoms with van der Waals surface area (Å²) in [5, 5.41) is 3.33. The Kier molecular flexibility index (Phi) is 3.55. The molecule has 0 unspecified atom stereocenters. The first-order chi connectivity index (χ1) is 9.55. The summed E-state index contributed by atoms with van der Waals surface area (Å²) in [4.78, 5) is 14.7. The lowest BCUT2D eigenvalue weighted by Gasteiger charge is -2.23. The third kappa shape index (κ3) is 2.73. The molecule has 0 radical (unpaired) electrons. The van der Waals surface area contributed by atoms with Gasteiger partial charge in [-0.2, -0.15) is 0 Å². The lowest BCUT2D eigenvalue weighted by atomic mass is 9.85. The molecule has 0 aromatic heterocycles. The van der Waals surface area contributed by atoms with Crippen LogP contribution in [0.15, 0.2) is 18.2 Å². The maximum Gasteiger partial charge on any atom is 0.253 e. The smallest absolute Gasteiger partial charge is 0.253 e. The van der Waals surface area contributed by atoms with Crippen molar-refractivity contribution in [2.45, 2.75) is 46.2 Å². The molecule has 1 aromatic rings. The van der Waals surface area contributed by atoms with Gasteiger partial charge in [-0.3, -0.25) is 4.79 Å². The molecule has 0 bridgehead atoms. The zero-order valence-corrected chi connectivity index (χ0v) is 12.5. The Morgan fingerprint density at radius 3 is 2.80 bits per heavy atom. The van der Waals surface area contributed by atoms with E-state index >= 15 is 0 Å². The third-order valence-corrected chi connectivity index (χ3v) is 4.71. The summed E-state index contributed by atoms with van der Waals surface area (Å²) in [5.41, 5.74) is 3.84. The van der Waals surface area contributed by atoms with Crippen molar-refractivity contribution < 1.29 is 4.79 Å². The van der Waals surface area contributed by atoms with Gasteiger partial charge in [0.25, 0.3) is 5.91 Å². The second kappa shape index (κ2) is 5.21. The van der Waals surface area contributed by atoms with Crippen molar-refractivity contribution >= 4 is 5.91 Å². The van der Waals surface area contributed by atoms with Crippen LogP contribution < -0.4 is 5.32 Å². The molecule has 1 amide bonds. The van der Waals surface area contributed by atoms with Gasteiger partial charge in [0.15, 0.2) is 0 Å². The minimum atomic E-state index is 0.206. The van der Waals surface area contributed by atoms with Gasteiger partial charge >= 0.3 is 0 Å². The van der Waals surface area contributed by atoms with Gasteiger partial charge in [-0.1, -0.05) is 19.9 Å². The number of benzene rings is 1. The molecule has 1 fully saturated rings. The molecule has 2 aliphatic rings. The second-order valence-corrected chi connectivity index (χ2v) is 6.90. The quantitative estimate of drug-likeness (QED) is 0.852. The number of nitrogens with one attached hydrogen (secondary N) is 1. The highest BCUT2D eigenvalue weighted by Gasteiger charge is 2.26. The summed E-state index contributed by atoms with van der Waals surface area (Å²) < 4.78 is 0. The molecule has 0 aliphatic carbocycles. The Hall–Kier alpha value is -1.35. The van der Waals surface area contributed by atoms with Crippen LogP contribution in [0, 0.1) is 5.41 Å². The Labute approximate surface area is 121 Å². The predicted octanol–water partition coefficient (Wildman–Crippen LogP) is 2.94. The Morgan fingerprint density at radius 1 is 1.15 bits per heavy atom. The molecule has 0 atom stereocenters. The van der Waals surface area contributed by atoms with Crippen molar-refractivity contribution in [3.8, 4) is 0 Å². The van der Waals surface area contributed by atoms with Crippen molar-refractivity contribution in [2.24, 2.45) is 5.41 Å². The van der Waals surface area contributed by atoms with Gasteiger partial charge in [0.2, 0.25) is 0 Å². The molecular formula is C17H24N2O. The average Bonchev–Trinajstić information content (AvgIpc) is 2.81. The van der Waals surface area contributed by atoms with E-state index in [9.17, 15) is 4.79 Å². The first kappa shape index (κ1) is 13.6. The van der Waals surface area contributed by atoms with E-state index in [4.69, 9.17) is 0 Å². The normalized spacial score (nSPS) is 21.4. The Balaban J connectivity index is 1.75. The molecule has 3 nitrogen and oxygen atoms in total. The van der Waals surface area contributed by atoms with Crippen LogP contribution in [-0.2, 0) is 13.1 Å². The minimum Gasteiger partial charge on any atom is -0.339 e. The number of hydrogen-bond acceptors (Lipinski definition) is 2. The van der Waals surface area contributed by atoms with Gasteiger partial charge in [0, 0.05) is 31.7 Å². The first-order valence-electron chi connectivity index (χ1n) is 7.67. The standard InChI is InChI=1S/C17H24N2O/c1-17(2)6-3-8-19(9-7-17)16(20)13-4-5-14-11-18-12-15(14)10-13/h4-5,10,18H,3,6-9,11-12H2,1-2H3. The van der Waals surface area contributed by atoms with Gasteiger partial charge in [0.05, 0.1) is 0 Å². The van der Waals surface area contributed by atoms with E-state index in [0.29, 0.717) is 5.41 Å². The van der Waals surface area contributed by atoms with E-state index in [1.54, 1.807) is 0 Å². The third-order valence-electron chi connectivity index (χ3n) is 4.71. The van der Waals surface area contributed by atoms with E-state index in [1.807, 2.05) is 11.0 Å². The zero-order valence-electron chi connectivity index (χ0n) is 12.5. The van der Waals surface area contributed by atoms with E-state index in [1.165, 1.54) is 17.5 Å². The van der Waals surface area contributed by atoms with E-state index in [-0.39, 0.29) is 5.91 Å². The maximum absolute atomic E-state index is 12.7. The second-order valence-electron chi connectivity index (χ2n) is 6.90. The summed E-state index contributed by atoms with van der Waals surface area (Å²) in [6.07, 6.45) is 3.43. The number of likely N-dealkylation sites (tertiary alicyclic amines) is 1. The number of fused-ring (bicyclic) bond motifs is 1. The Bertz CT molecular complexity index is 522. The van der Waals surface area contributed by atoms with Crippen molar-refractivity contribution in [3.63, 3.8) is 0 Å². The highest BCUT2D eigenvalue weighted by atomic mass is 16.2.